The van der Waals surface area contributed by atoms with E-state index in [1.807, 2.05) is 0 Å². The monoisotopic (exact) mass is 221 g/mol. The number of allylic oxidation sites excluding steroid dienone is 1. The lowest BCUT2D eigenvalue weighted by Crippen LogP contribution is -2.43. The zero-order valence-electron chi connectivity index (χ0n) is 10.9. The molecular formula is C15H27N. The van der Waals surface area contributed by atoms with Crippen LogP contribution in [-0.2, 0) is 0 Å². The van der Waals surface area contributed by atoms with Crippen molar-refractivity contribution >= 4 is 0 Å². The van der Waals surface area contributed by atoms with Gasteiger partial charge in [0.2, 0.25) is 0 Å². The van der Waals surface area contributed by atoms with E-state index in [0.29, 0.717) is 5.54 Å². The predicted molar refractivity (Wildman–Crippen MR) is 70.7 cm³/mol. The predicted octanol–water partition coefficient (Wildman–Crippen LogP) is 4.19. The summed E-state index contributed by atoms with van der Waals surface area (Å²) in [6.07, 6.45) is 16.4. The molecule has 92 valence electrons. The number of nitrogens with one attached hydrogen (secondary N) is 1. The fraction of sp³-hybridized carbons (Fsp3) is 0.867. The smallest absolute Gasteiger partial charge is 0.0365 e. The Balaban J connectivity index is 2.06. The average Bonchev–Trinajstić information content (AvgIpc) is 2.43. The van der Waals surface area contributed by atoms with Crippen molar-refractivity contribution in [1.82, 2.24) is 5.32 Å². The summed E-state index contributed by atoms with van der Waals surface area (Å²) in [5.74, 6) is 0. The highest BCUT2D eigenvalue weighted by atomic mass is 15.0. The van der Waals surface area contributed by atoms with Crippen LogP contribution in [0.4, 0.5) is 0 Å². The molecule has 1 fully saturated rings. The normalized spacial score (nSPS) is 33.4. The average molecular weight is 221 g/mol. The summed E-state index contributed by atoms with van der Waals surface area (Å²) in [4.78, 5) is 0. The fourth-order valence-electron chi connectivity index (χ4n) is 3.20. The SMILES string of the molecule is CC1(C2=CCCCCCC2)CCCCCN1. The van der Waals surface area contributed by atoms with Gasteiger partial charge in [-0.25, -0.2) is 0 Å². The number of rotatable bonds is 1. The first kappa shape index (κ1) is 12.2. The summed E-state index contributed by atoms with van der Waals surface area (Å²) in [5, 5.41) is 3.81. The molecular weight excluding hydrogens is 194 g/mol. The molecule has 0 spiro atoms. The Bertz CT molecular complexity index is 234. The molecule has 1 saturated heterocycles. The Kier molecular flexibility index (Phi) is 4.45. The van der Waals surface area contributed by atoms with Crippen molar-refractivity contribution in [2.45, 2.75) is 76.7 Å². The van der Waals surface area contributed by atoms with Crippen molar-refractivity contribution in [3.05, 3.63) is 11.6 Å². The lowest BCUT2D eigenvalue weighted by Gasteiger charge is -2.33. The van der Waals surface area contributed by atoms with Gasteiger partial charge < -0.3 is 5.32 Å². The van der Waals surface area contributed by atoms with E-state index in [9.17, 15) is 0 Å². The van der Waals surface area contributed by atoms with Gasteiger partial charge in [0.25, 0.3) is 0 Å². The van der Waals surface area contributed by atoms with E-state index < -0.39 is 0 Å². The lowest BCUT2D eigenvalue weighted by atomic mass is 9.82. The first-order valence-corrected chi connectivity index (χ1v) is 7.26. The minimum absolute atomic E-state index is 0.327. The van der Waals surface area contributed by atoms with Crippen molar-refractivity contribution in [3.63, 3.8) is 0 Å². The zero-order chi connectivity index (χ0) is 11.3. The third-order valence-electron chi connectivity index (χ3n) is 4.37. The third-order valence-corrected chi connectivity index (χ3v) is 4.37. The van der Waals surface area contributed by atoms with Crippen molar-refractivity contribution in [1.29, 1.82) is 0 Å². The Morgan fingerprint density at radius 1 is 1.00 bits per heavy atom. The summed E-state index contributed by atoms with van der Waals surface area (Å²) in [7, 11) is 0. The molecule has 1 unspecified atom stereocenters. The zero-order valence-corrected chi connectivity index (χ0v) is 10.9. The van der Waals surface area contributed by atoms with E-state index in [4.69, 9.17) is 0 Å². The van der Waals surface area contributed by atoms with Gasteiger partial charge in [-0.3, -0.25) is 0 Å². The van der Waals surface area contributed by atoms with E-state index >= 15 is 0 Å². The minimum atomic E-state index is 0.327. The molecule has 0 saturated carbocycles. The van der Waals surface area contributed by atoms with Gasteiger partial charge in [-0.2, -0.15) is 0 Å². The second-order valence-electron chi connectivity index (χ2n) is 5.75. The van der Waals surface area contributed by atoms with Crippen LogP contribution in [0.5, 0.6) is 0 Å². The number of hydrogen-bond donors (Lipinski definition) is 1. The highest BCUT2D eigenvalue weighted by Gasteiger charge is 2.28. The first-order chi connectivity index (χ1) is 7.81. The van der Waals surface area contributed by atoms with Gasteiger partial charge in [-0.05, 0) is 52.0 Å². The second kappa shape index (κ2) is 5.86. The molecule has 0 aromatic carbocycles. The second-order valence-corrected chi connectivity index (χ2v) is 5.75. The molecule has 0 amide bonds. The molecule has 0 bridgehead atoms. The van der Waals surface area contributed by atoms with Crippen LogP contribution >= 0.6 is 0 Å². The minimum Gasteiger partial charge on any atom is -0.308 e. The van der Waals surface area contributed by atoms with Crippen LogP contribution in [0, 0.1) is 0 Å². The fourth-order valence-corrected chi connectivity index (χ4v) is 3.20. The molecule has 1 N–H and O–H groups in total. The summed E-state index contributed by atoms with van der Waals surface area (Å²) in [6, 6.07) is 0. The molecule has 0 radical (unpaired) electrons. The maximum atomic E-state index is 3.81. The molecule has 1 heteroatoms. The van der Waals surface area contributed by atoms with Crippen molar-refractivity contribution in [2.75, 3.05) is 6.54 Å². The van der Waals surface area contributed by atoms with Crippen molar-refractivity contribution in [2.24, 2.45) is 0 Å². The molecule has 1 nitrogen and oxygen atoms in total. The van der Waals surface area contributed by atoms with Crippen molar-refractivity contribution in [3.8, 4) is 0 Å². The van der Waals surface area contributed by atoms with Crippen LogP contribution in [0.15, 0.2) is 11.6 Å². The van der Waals surface area contributed by atoms with Gasteiger partial charge >= 0.3 is 0 Å². The van der Waals surface area contributed by atoms with Crippen LogP contribution < -0.4 is 5.32 Å². The molecule has 2 aliphatic rings. The summed E-state index contributed by atoms with van der Waals surface area (Å²) >= 11 is 0. The van der Waals surface area contributed by atoms with E-state index in [2.05, 4.69) is 18.3 Å². The Morgan fingerprint density at radius 3 is 2.75 bits per heavy atom. The standard InChI is InChI=1S/C15H27N/c1-15(12-8-5-9-13-16-15)14-10-6-3-2-4-7-11-14/h10,16H,2-9,11-13H2,1H3. The summed E-state index contributed by atoms with van der Waals surface area (Å²) < 4.78 is 0. The summed E-state index contributed by atoms with van der Waals surface area (Å²) in [6.45, 7) is 3.65. The summed E-state index contributed by atoms with van der Waals surface area (Å²) in [5.41, 5.74) is 2.04. The molecule has 2 rings (SSSR count). The molecule has 0 aromatic rings. The van der Waals surface area contributed by atoms with E-state index in [1.54, 1.807) is 5.57 Å². The Morgan fingerprint density at radius 2 is 1.81 bits per heavy atom. The Labute approximate surface area is 101 Å². The quantitative estimate of drug-likeness (QED) is 0.655. The van der Waals surface area contributed by atoms with E-state index in [0.717, 1.165) is 0 Å². The van der Waals surface area contributed by atoms with Crippen LogP contribution in [-0.4, -0.2) is 12.1 Å². The maximum Gasteiger partial charge on any atom is 0.0365 e. The lowest BCUT2D eigenvalue weighted by molar-refractivity contribution is 0.388. The molecule has 0 aromatic heterocycles. The van der Waals surface area contributed by atoms with Crippen LogP contribution in [0.2, 0.25) is 0 Å². The highest BCUT2D eigenvalue weighted by molar-refractivity contribution is 5.20. The van der Waals surface area contributed by atoms with Gasteiger partial charge in [0, 0.05) is 5.54 Å². The largest absolute Gasteiger partial charge is 0.308 e. The molecule has 1 atom stereocenters. The van der Waals surface area contributed by atoms with E-state index in [-0.39, 0.29) is 0 Å². The Hall–Kier alpha value is -0.300. The van der Waals surface area contributed by atoms with Crippen LogP contribution in [0.1, 0.15) is 71.1 Å². The third kappa shape index (κ3) is 3.10. The molecule has 1 aliphatic carbocycles. The van der Waals surface area contributed by atoms with Crippen LogP contribution in [0.3, 0.4) is 0 Å². The number of hydrogen-bond acceptors (Lipinski definition) is 1. The van der Waals surface area contributed by atoms with Gasteiger partial charge in [0.1, 0.15) is 0 Å². The topological polar surface area (TPSA) is 12.0 Å². The highest BCUT2D eigenvalue weighted by Crippen LogP contribution is 2.31. The van der Waals surface area contributed by atoms with Gasteiger partial charge in [-0.15, -0.1) is 0 Å². The molecule has 1 heterocycles. The van der Waals surface area contributed by atoms with Gasteiger partial charge in [0.05, 0.1) is 0 Å². The van der Waals surface area contributed by atoms with E-state index in [1.165, 1.54) is 70.8 Å². The van der Waals surface area contributed by atoms with Gasteiger partial charge in [-0.1, -0.05) is 37.3 Å². The van der Waals surface area contributed by atoms with Gasteiger partial charge in [0.15, 0.2) is 0 Å². The molecule has 1 aliphatic heterocycles. The van der Waals surface area contributed by atoms with Crippen molar-refractivity contribution < 1.29 is 0 Å². The molecule has 16 heavy (non-hydrogen) atoms. The van der Waals surface area contributed by atoms with Crippen LogP contribution in [0.25, 0.3) is 0 Å². The maximum absolute atomic E-state index is 3.81. The first-order valence-electron chi connectivity index (χ1n) is 7.26.